The molecule has 2 rings (SSSR count). The van der Waals surface area contributed by atoms with Gasteiger partial charge in [-0.15, -0.1) is 0 Å². The van der Waals surface area contributed by atoms with E-state index < -0.39 is 16.0 Å². The molecule has 0 unspecified atom stereocenters. The van der Waals surface area contributed by atoms with Crippen molar-refractivity contribution in [1.29, 1.82) is 0 Å². The summed E-state index contributed by atoms with van der Waals surface area (Å²) in [7, 11) is -3.86. The summed E-state index contributed by atoms with van der Waals surface area (Å²) in [6, 6.07) is 3.87. The van der Waals surface area contributed by atoms with Gasteiger partial charge in [0.15, 0.2) is 5.82 Å². The topological polar surface area (TPSA) is 122 Å². The Morgan fingerprint density at radius 1 is 1.33 bits per heavy atom. The summed E-state index contributed by atoms with van der Waals surface area (Å²) in [5.41, 5.74) is 0.441. The standard InChI is InChI=1S/C12H13N3O5S/c1-7-3-9(12(16)17)5-10(4-7)21(18,19)13-6-11-14-8(2)20-15-11/h3-5,13H,6H2,1-2H3,(H,16,17). The summed E-state index contributed by atoms with van der Waals surface area (Å²) in [6.45, 7) is 3.06. The van der Waals surface area contributed by atoms with Crippen LogP contribution >= 0.6 is 0 Å². The highest BCUT2D eigenvalue weighted by atomic mass is 32.2. The average molecular weight is 311 g/mol. The Morgan fingerprint density at radius 3 is 2.62 bits per heavy atom. The van der Waals surface area contributed by atoms with Gasteiger partial charge in [0.1, 0.15) is 0 Å². The van der Waals surface area contributed by atoms with Gasteiger partial charge in [0.05, 0.1) is 17.0 Å². The molecule has 0 aliphatic rings. The number of carboxylic acids is 1. The molecule has 9 heteroatoms. The number of sulfonamides is 1. The molecular weight excluding hydrogens is 298 g/mol. The molecular formula is C12H13N3O5S. The third-order valence-corrected chi connectivity index (χ3v) is 3.98. The van der Waals surface area contributed by atoms with Crippen molar-refractivity contribution in [2.24, 2.45) is 0 Å². The maximum Gasteiger partial charge on any atom is 0.335 e. The Morgan fingerprint density at radius 2 is 2.05 bits per heavy atom. The van der Waals surface area contributed by atoms with Crippen molar-refractivity contribution in [1.82, 2.24) is 14.9 Å². The second-order valence-corrected chi connectivity index (χ2v) is 6.16. The number of aromatic carboxylic acids is 1. The second-order valence-electron chi connectivity index (χ2n) is 4.39. The molecule has 2 N–H and O–H groups in total. The summed E-state index contributed by atoms with van der Waals surface area (Å²) in [5.74, 6) is -0.668. The van der Waals surface area contributed by atoms with Gasteiger partial charge in [0.25, 0.3) is 0 Å². The van der Waals surface area contributed by atoms with Crippen LogP contribution in [0.3, 0.4) is 0 Å². The summed E-state index contributed by atoms with van der Waals surface area (Å²) in [5, 5.41) is 12.5. The van der Waals surface area contributed by atoms with Crippen molar-refractivity contribution in [2.75, 3.05) is 0 Å². The van der Waals surface area contributed by atoms with Crippen LogP contribution in [0.4, 0.5) is 0 Å². The van der Waals surface area contributed by atoms with Crippen molar-refractivity contribution in [3.8, 4) is 0 Å². The molecule has 1 aromatic carbocycles. The number of aromatic nitrogens is 2. The molecule has 0 fully saturated rings. The van der Waals surface area contributed by atoms with E-state index in [1.54, 1.807) is 13.8 Å². The minimum absolute atomic E-state index is 0.0919. The molecule has 0 bridgehead atoms. The van der Waals surface area contributed by atoms with E-state index in [0.29, 0.717) is 11.5 Å². The van der Waals surface area contributed by atoms with Gasteiger partial charge >= 0.3 is 5.97 Å². The Hall–Kier alpha value is -2.26. The smallest absolute Gasteiger partial charge is 0.335 e. The van der Waals surface area contributed by atoms with Crippen LogP contribution < -0.4 is 4.72 Å². The van der Waals surface area contributed by atoms with Gasteiger partial charge in [-0.1, -0.05) is 5.16 Å². The predicted octanol–water partition coefficient (Wildman–Crippen LogP) is 0.863. The van der Waals surface area contributed by atoms with E-state index in [0.717, 1.165) is 6.07 Å². The molecule has 0 saturated carbocycles. The SMILES string of the molecule is Cc1cc(C(=O)O)cc(S(=O)(=O)NCc2noc(C)n2)c1. The lowest BCUT2D eigenvalue weighted by Gasteiger charge is -2.07. The zero-order valence-electron chi connectivity index (χ0n) is 11.3. The van der Waals surface area contributed by atoms with Crippen LogP contribution in [-0.2, 0) is 16.6 Å². The summed E-state index contributed by atoms with van der Waals surface area (Å²) in [4.78, 5) is 14.7. The molecule has 112 valence electrons. The van der Waals surface area contributed by atoms with E-state index in [1.165, 1.54) is 12.1 Å². The lowest BCUT2D eigenvalue weighted by atomic mass is 10.1. The maximum atomic E-state index is 12.1. The van der Waals surface area contributed by atoms with Crippen molar-refractivity contribution < 1.29 is 22.8 Å². The van der Waals surface area contributed by atoms with Gasteiger partial charge in [-0.05, 0) is 30.7 Å². The highest BCUT2D eigenvalue weighted by Crippen LogP contribution is 2.15. The van der Waals surface area contributed by atoms with Gasteiger partial charge in [-0.25, -0.2) is 17.9 Å². The molecule has 21 heavy (non-hydrogen) atoms. The lowest BCUT2D eigenvalue weighted by Crippen LogP contribution is -2.24. The molecule has 0 atom stereocenters. The number of benzene rings is 1. The predicted molar refractivity (Wildman–Crippen MR) is 71.2 cm³/mol. The van der Waals surface area contributed by atoms with Gasteiger partial charge in [-0.2, -0.15) is 4.98 Å². The largest absolute Gasteiger partial charge is 0.478 e. The molecule has 1 heterocycles. The Labute approximate surface area is 120 Å². The minimum atomic E-state index is -3.86. The average Bonchev–Trinajstić information content (AvgIpc) is 2.81. The number of carboxylic acid groups (broad SMARTS) is 1. The third-order valence-electron chi connectivity index (χ3n) is 2.60. The molecule has 0 saturated heterocycles. The molecule has 0 radical (unpaired) electrons. The first-order valence-electron chi connectivity index (χ1n) is 5.92. The van der Waals surface area contributed by atoms with Crippen molar-refractivity contribution in [3.63, 3.8) is 0 Å². The van der Waals surface area contributed by atoms with E-state index in [1.807, 2.05) is 0 Å². The van der Waals surface area contributed by atoms with Crippen LogP contribution in [0.5, 0.6) is 0 Å². The number of nitrogens with zero attached hydrogens (tertiary/aromatic N) is 2. The molecule has 8 nitrogen and oxygen atoms in total. The molecule has 1 aromatic heterocycles. The number of nitrogens with one attached hydrogen (secondary N) is 1. The molecule has 0 aliphatic carbocycles. The highest BCUT2D eigenvalue weighted by Gasteiger charge is 2.18. The summed E-state index contributed by atoms with van der Waals surface area (Å²) < 4.78 is 31.3. The van der Waals surface area contributed by atoms with E-state index in [-0.39, 0.29) is 22.8 Å². The molecule has 0 amide bonds. The normalized spacial score (nSPS) is 11.5. The number of carbonyl (C=O) groups is 1. The van der Waals surface area contributed by atoms with Crippen LogP contribution in [0.1, 0.15) is 27.6 Å². The quantitative estimate of drug-likeness (QED) is 0.839. The molecule has 0 spiro atoms. The molecule has 2 aromatic rings. The van der Waals surface area contributed by atoms with Gasteiger partial charge in [0.2, 0.25) is 15.9 Å². The van der Waals surface area contributed by atoms with Crippen LogP contribution in [0.15, 0.2) is 27.6 Å². The van der Waals surface area contributed by atoms with E-state index >= 15 is 0 Å². The van der Waals surface area contributed by atoms with Crippen LogP contribution in [0, 0.1) is 13.8 Å². The van der Waals surface area contributed by atoms with E-state index in [4.69, 9.17) is 9.63 Å². The van der Waals surface area contributed by atoms with Crippen molar-refractivity contribution >= 4 is 16.0 Å². The van der Waals surface area contributed by atoms with Crippen molar-refractivity contribution in [3.05, 3.63) is 41.0 Å². The number of aryl methyl sites for hydroxylation is 2. The summed E-state index contributed by atoms with van der Waals surface area (Å²) in [6.07, 6.45) is 0. The minimum Gasteiger partial charge on any atom is -0.478 e. The number of rotatable bonds is 5. The fraction of sp³-hybridized carbons (Fsp3) is 0.250. The molecule has 0 aliphatic heterocycles. The highest BCUT2D eigenvalue weighted by molar-refractivity contribution is 7.89. The van der Waals surface area contributed by atoms with Gasteiger partial charge in [0, 0.05) is 6.92 Å². The number of hydrogen-bond donors (Lipinski definition) is 2. The van der Waals surface area contributed by atoms with Crippen LogP contribution in [0.2, 0.25) is 0 Å². The lowest BCUT2D eigenvalue weighted by molar-refractivity contribution is 0.0696. The Kier molecular flexibility index (Phi) is 4.05. The monoisotopic (exact) mass is 311 g/mol. The van der Waals surface area contributed by atoms with Crippen LogP contribution in [-0.4, -0.2) is 29.6 Å². The summed E-state index contributed by atoms with van der Waals surface area (Å²) >= 11 is 0. The Bertz CT molecular complexity index is 782. The zero-order chi connectivity index (χ0) is 15.6. The first-order chi connectivity index (χ1) is 9.78. The maximum absolute atomic E-state index is 12.1. The fourth-order valence-electron chi connectivity index (χ4n) is 1.68. The first-order valence-corrected chi connectivity index (χ1v) is 7.40. The van der Waals surface area contributed by atoms with Gasteiger partial charge < -0.3 is 9.63 Å². The van der Waals surface area contributed by atoms with E-state index in [9.17, 15) is 13.2 Å². The zero-order valence-corrected chi connectivity index (χ0v) is 12.1. The second kappa shape index (κ2) is 5.62. The van der Waals surface area contributed by atoms with Crippen LogP contribution in [0.25, 0.3) is 0 Å². The van der Waals surface area contributed by atoms with Gasteiger partial charge in [-0.3, -0.25) is 0 Å². The van der Waals surface area contributed by atoms with Crippen molar-refractivity contribution in [2.45, 2.75) is 25.3 Å². The van der Waals surface area contributed by atoms with E-state index in [2.05, 4.69) is 14.9 Å². The first kappa shape index (κ1) is 15.1. The Balaban J connectivity index is 2.25. The fourth-order valence-corrected chi connectivity index (χ4v) is 2.79. The number of hydrogen-bond acceptors (Lipinski definition) is 6. The third kappa shape index (κ3) is 3.64.